The largest absolute Gasteiger partial charge is 0.379 e. The van der Waals surface area contributed by atoms with Gasteiger partial charge in [0.2, 0.25) is 5.82 Å². The van der Waals surface area contributed by atoms with E-state index in [1.54, 1.807) is 11.0 Å². The molecule has 8 nitrogen and oxygen atoms in total. The Kier molecular flexibility index (Phi) is 7.53. The fourth-order valence-corrected chi connectivity index (χ4v) is 3.07. The van der Waals surface area contributed by atoms with Crippen LogP contribution in [0, 0.1) is 13.8 Å². The second-order valence-corrected chi connectivity index (χ2v) is 7.14. The molecule has 1 aliphatic heterocycles. The van der Waals surface area contributed by atoms with E-state index < -0.39 is 0 Å². The number of anilines is 1. The first-order valence-electron chi connectivity index (χ1n) is 9.91. The molecule has 1 fully saturated rings. The van der Waals surface area contributed by atoms with Crippen molar-refractivity contribution in [3.05, 3.63) is 41.5 Å². The third-order valence-corrected chi connectivity index (χ3v) is 4.95. The van der Waals surface area contributed by atoms with Crippen LogP contribution in [-0.4, -0.2) is 71.5 Å². The fraction of sp³-hybridized carbons (Fsp3) is 0.550. The van der Waals surface area contributed by atoms with Gasteiger partial charge >= 0.3 is 0 Å². The second-order valence-electron chi connectivity index (χ2n) is 7.14. The van der Waals surface area contributed by atoms with Crippen LogP contribution >= 0.6 is 0 Å². The number of carbonyl (C=O) groups excluding carboxylic acids is 1. The van der Waals surface area contributed by atoms with Crippen LogP contribution in [0.15, 0.2) is 24.5 Å². The highest BCUT2D eigenvalue weighted by atomic mass is 16.5. The Hall–Kier alpha value is -2.29. The van der Waals surface area contributed by atoms with Crippen LogP contribution in [-0.2, 0) is 11.3 Å². The van der Waals surface area contributed by atoms with Gasteiger partial charge in [0.1, 0.15) is 6.33 Å². The van der Waals surface area contributed by atoms with Gasteiger partial charge in [-0.15, -0.1) is 5.10 Å². The molecule has 1 aromatic heterocycles. The molecule has 8 heteroatoms. The van der Waals surface area contributed by atoms with Gasteiger partial charge in [0.25, 0.3) is 5.91 Å². The van der Waals surface area contributed by atoms with E-state index in [0.717, 1.165) is 70.2 Å². The van der Waals surface area contributed by atoms with Crippen molar-refractivity contribution in [1.82, 2.24) is 25.0 Å². The Morgan fingerprint density at radius 3 is 2.75 bits per heavy atom. The minimum absolute atomic E-state index is 0.193. The van der Waals surface area contributed by atoms with Gasteiger partial charge in [-0.05, 0) is 50.1 Å². The van der Waals surface area contributed by atoms with Crippen molar-refractivity contribution in [2.24, 2.45) is 0 Å². The van der Waals surface area contributed by atoms with E-state index in [4.69, 9.17) is 4.74 Å². The lowest BCUT2D eigenvalue weighted by molar-refractivity contribution is 0.0384. The van der Waals surface area contributed by atoms with Gasteiger partial charge in [-0.2, -0.15) is 0 Å². The van der Waals surface area contributed by atoms with Crippen molar-refractivity contribution in [2.45, 2.75) is 26.8 Å². The number of nitrogens with one attached hydrogen (secondary N) is 2. The summed E-state index contributed by atoms with van der Waals surface area (Å²) in [5.41, 5.74) is 3.09. The van der Waals surface area contributed by atoms with Crippen molar-refractivity contribution < 1.29 is 9.53 Å². The van der Waals surface area contributed by atoms with E-state index in [1.807, 2.05) is 32.0 Å². The molecule has 0 bridgehead atoms. The van der Waals surface area contributed by atoms with Crippen LogP contribution in [0.3, 0.4) is 0 Å². The summed E-state index contributed by atoms with van der Waals surface area (Å²) in [5.74, 6) is -0.0934. The molecule has 152 valence electrons. The maximum absolute atomic E-state index is 12.3. The summed E-state index contributed by atoms with van der Waals surface area (Å²) in [6.07, 6.45) is 2.55. The number of hydrogen-bond acceptors (Lipinski definition) is 6. The lowest BCUT2D eigenvalue weighted by Crippen LogP contribution is -2.40. The van der Waals surface area contributed by atoms with E-state index in [9.17, 15) is 4.79 Å². The summed E-state index contributed by atoms with van der Waals surface area (Å²) in [7, 11) is 0. The maximum atomic E-state index is 12.3. The van der Waals surface area contributed by atoms with Gasteiger partial charge in [-0.25, -0.2) is 4.98 Å². The van der Waals surface area contributed by atoms with E-state index in [1.165, 1.54) is 5.56 Å². The lowest BCUT2D eigenvalue weighted by Gasteiger charge is -2.26. The van der Waals surface area contributed by atoms with Gasteiger partial charge < -0.3 is 15.4 Å². The summed E-state index contributed by atoms with van der Waals surface area (Å²) >= 11 is 0. The van der Waals surface area contributed by atoms with Gasteiger partial charge in [-0.3, -0.25) is 14.4 Å². The minimum atomic E-state index is -0.286. The molecule has 2 N–H and O–H groups in total. The van der Waals surface area contributed by atoms with Crippen LogP contribution in [0.25, 0.3) is 0 Å². The Balaban J connectivity index is 1.35. The highest BCUT2D eigenvalue weighted by molar-refractivity contribution is 6.01. The highest BCUT2D eigenvalue weighted by Gasteiger charge is 2.12. The van der Waals surface area contributed by atoms with Gasteiger partial charge in [0.05, 0.1) is 13.2 Å². The van der Waals surface area contributed by atoms with Crippen molar-refractivity contribution in [1.29, 1.82) is 0 Å². The number of nitrogens with zero attached hydrogens (tertiary/aromatic N) is 4. The molecule has 0 unspecified atom stereocenters. The van der Waals surface area contributed by atoms with Gasteiger partial charge in [0.15, 0.2) is 0 Å². The Bertz CT molecular complexity index is 770. The van der Waals surface area contributed by atoms with Crippen LogP contribution in [0.5, 0.6) is 0 Å². The average Bonchev–Trinajstić information content (AvgIpc) is 3.17. The van der Waals surface area contributed by atoms with E-state index in [-0.39, 0.29) is 11.7 Å². The zero-order valence-electron chi connectivity index (χ0n) is 16.8. The van der Waals surface area contributed by atoms with Crippen molar-refractivity contribution in [3.63, 3.8) is 0 Å². The quantitative estimate of drug-likeness (QED) is 0.635. The number of hydrogen-bond donors (Lipinski definition) is 2. The zero-order valence-corrected chi connectivity index (χ0v) is 16.8. The number of aryl methyl sites for hydroxylation is 3. The summed E-state index contributed by atoms with van der Waals surface area (Å²) in [6, 6.07) is 5.83. The Morgan fingerprint density at radius 2 is 1.96 bits per heavy atom. The molecule has 1 aliphatic rings. The fourth-order valence-electron chi connectivity index (χ4n) is 3.07. The number of aromatic nitrogens is 3. The number of carbonyl (C=O) groups is 1. The lowest BCUT2D eigenvalue weighted by atomic mass is 10.1. The number of morpholine rings is 1. The van der Waals surface area contributed by atoms with Crippen LogP contribution < -0.4 is 10.6 Å². The summed E-state index contributed by atoms with van der Waals surface area (Å²) in [5, 5.41) is 10.6. The zero-order chi connectivity index (χ0) is 19.8. The highest BCUT2D eigenvalue weighted by Crippen LogP contribution is 2.14. The second kappa shape index (κ2) is 10.3. The first-order valence-corrected chi connectivity index (χ1v) is 9.91. The molecule has 0 spiro atoms. The van der Waals surface area contributed by atoms with E-state index in [2.05, 4.69) is 25.6 Å². The molecule has 1 amide bonds. The molecule has 0 radical (unpaired) electrons. The monoisotopic (exact) mass is 386 g/mol. The number of amides is 1. The molecule has 1 saturated heterocycles. The Labute approximate surface area is 166 Å². The molecule has 3 rings (SSSR count). The number of ether oxygens (including phenoxy) is 1. The normalized spacial score (nSPS) is 14.9. The van der Waals surface area contributed by atoms with E-state index in [0.29, 0.717) is 0 Å². The molecule has 0 aliphatic carbocycles. The molecular formula is C20H30N6O2. The molecule has 28 heavy (non-hydrogen) atoms. The van der Waals surface area contributed by atoms with Crippen LogP contribution in [0.4, 0.5) is 5.69 Å². The maximum Gasteiger partial charge on any atom is 0.295 e. The molecule has 2 aromatic rings. The van der Waals surface area contributed by atoms with Crippen molar-refractivity contribution in [2.75, 3.05) is 51.3 Å². The van der Waals surface area contributed by atoms with Crippen molar-refractivity contribution >= 4 is 11.6 Å². The molecule has 0 atom stereocenters. The SMILES string of the molecule is Cc1ccc(NC(=O)c2ncn(CCCNCCN3CCOCC3)n2)cc1C. The summed E-state index contributed by atoms with van der Waals surface area (Å²) < 4.78 is 7.07. The smallest absolute Gasteiger partial charge is 0.295 e. The third-order valence-electron chi connectivity index (χ3n) is 4.95. The van der Waals surface area contributed by atoms with Gasteiger partial charge in [-0.1, -0.05) is 6.07 Å². The predicted molar refractivity (Wildman–Crippen MR) is 109 cm³/mol. The summed E-state index contributed by atoms with van der Waals surface area (Å²) in [4.78, 5) is 18.9. The standard InChI is InChI=1S/C20H30N6O2/c1-16-4-5-18(14-17(16)2)23-20(27)19-22-15-26(24-19)8-3-6-21-7-9-25-10-12-28-13-11-25/h4-5,14-15,21H,3,6-13H2,1-2H3,(H,23,27). The summed E-state index contributed by atoms with van der Waals surface area (Å²) in [6.45, 7) is 11.5. The average molecular weight is 387 g/mol. The number of benzene rings is 1. The first-order chi connectivity index (χ1) is 13.6. The van der Waals surface area contributed by atoms with Crippen LogP contribution in [0.1, 0.15) is 28.2 Å². The predicted octanol–water partition coefficient (Wildman–Crippen LogP) is 1.46. The first kappa shape index (κ1) is 20.4. The third kappa shape index (κ3) is 6.12. The molecule has 0 saturated carbocycles. The van der Waals surface area contributed by atoms with Crippen LogP contribution in [0.2, 0.25) is 0 Å². The minimum Gasteiger partial charge on any atom is -0.379 e. The van der Waals surface area contributed by atoms with Crippen molar-refractivity contribution in [3.8, 4) is 0 Å². The number of rotatable bonds is 9. The Morgan fingerprint density at radius 1 is 1.14 bits per heavy atom. The molecular weight excluding hydrogens is 356 g/mol. The van der Waals surface area contributed by atoms with Gasteiger partial charge in [0, 0.05) is 38.4 Å². The van der Waals surface area contributed by atoms with E-state index >= 15 is 0 Å². The topological polar surface area (TPSA) is 84.3 Å². The molecule has 2 heterocycles. The molecule has 1 aromatic carbocycles.